The summed E-state index contributed by atoms with van der Waals surface area (Å²) in [6, 6.07) is 0. The number of nitrogens with one attached hydrogen (secondary N) is 1. The van der Waals surface area contributed by atoms with Crippen LogP contribution >= 0.6 is 8.25 Å². The van der Waals surface area contributed by atoms with Gasteiger partial charge in [-0.15, -0.1) is 0 Å². The largest absolute Gasteiger partial charge is 0.408 e. The van der Waals surface area contributed by atoms with Gasteiger partial charge in [0.2, 0.25) is 0 Å². The molecule has 1 saturated heterocycles. The van der Waals surface area contributed by atoms with Crippen LogP contribution in [0.2, 0.25) is 18.1 Å². The van der Waals surface area contributed by atoms with Crippen molar-refractivity contribution in [3.63, 3.8) is 0 Å². The Bertz CT molecular complexity index is 955. The Labute approximate surface area is 170 Å². The van der Waals surface area contributed by atoms with Crippen molar-refractivity contribution < 1.29 is 23.1 Å². The van der Waals surface area contributed by atoms with Crippen molar-refractivity contribution in [2.75, 3.05) is 0 Å². The summed E-state index contributed by atoms with van der Waals surface area (Å²) in [5, 5.41) is 4.03. The molecule has 3 heterocycles. The molecule has 29 heavy (non-hydrogen) atoms. The minimum absolute atomic E-state index is 0.0899. The van der Waals surface area contributed by atoms with E-state index in [1.54, 1.807) is 0 Å². The van der Waals surface area contributed by atoms with Gasteiger partial charge in [0, 0.05) is 5.56 Å². The number of ether oxygens (including phenoxy) is 1. The van der Waals surface area contributed by atoms with Gasteiger partial charge in [-0.3, -0.25) is 9.55 Å². The molecular formula is C17H29N4O6PSi. The van der Waals surface area contributed by atoms with E-state index in [0.717, 1.165) is 4.52 Å². The molecule has 12 heteroatoms. The minimum Gasteiger partial charge on any atom is -0.408 e. The standard InChI is InChI=1S/C17H29N4O6PSi/c1-7-11-13(26-28(23)24)14(27-29(5,6)17(2,3)4)12(25-11)10-8-20-21-15(10)18-9-19-16(21)22/h8-9,11-14,28H,7H2,1-6H3,(H,23,24)(H,18,19,22)/t11-,12+,13-,14+/m1/s1. The first kappa shape index (κ1) is 22.3. The van der Waals surface area contributed by atoms with Gasteiger partial charge in [-0.1, -0.05) is 27.7 Å². The summed E-state index contributed by atoms with van der Waals surface area (Å²) in [5.74, 6) is 0. The highest BCUT2D eigenvalue weighted by atomic mass is 31.1. The predicted molar refractivity (Wildman–Crippen MR) is 110 cm³/mol. The van der Waals surface area contributed by atoms with E-state index >= 15 is 0 Å². The molecule has 2 N–H and O–H groups in total. The van der Waals surface area contributed by atoms with Gasteiger partial charge < -0.3 is 18.6 Å². The molecule has 0 radical (unpaired) electrons. The van der Waals surface area contributed by atoms with Gasteiger partial charge in [0.25, 0.3) is 0 Å². The quantitative estimate of drug-likeness (QED) is 0.514. The highest BCUT2D eigenvalue weighted by Gasteiger charge is 2.52. The van der Waals surface area contributed by atoms with Gasteiger partial charge in [-0.2, -0.15) is 9.61 Å². The fraction of sp³-hybridized carbons (Fsp3) is 0.706. The lowest BCUT2D eigenvalue weighted by Gasteiger charge is -2.40. The van der Waals surface area contributed by atoms with Crippen molar-refractivity contribution in [2.45, 2.75) is 76.7 Å². The second kappa shape index (κ2) is 8.05. The van der Waals surface area contributed by atoms with Gasteiger partial charge in [-0.05, 0) is 24.6 Å². The van der Waals surface area contributed by atoms with Gasteiger partial charge in [0.1, 0.15) is 18.3 Å². The third-order valence-corrected chi connectivity index (χ3v) is 10.8. The zero-order valence-electron chi connectivity index (χ0n) is 17.5. The molecule has 0 amide bonds. The molecule has 1 unspecified atom stereocenters. The fourth-order valence-electron chi connectivity index (χ4n) is 3.25. The highest BCUT2D eigenvalue weighted by molar-refractivity contribution is 7.32. The molecule has 1 fully saturated rings. The van der Waals surface area contributed by atoms with E-state index in [2.05, 4.69) is 48.9 Å². The van der Waals surface area contributed by atoms with Crippen LogP contribution in [-0.2, 0) is 18.3 Å². The van der Waals surface area contributed by atoms with Gasteiger partial charge in [0.05, 0.1) is 18.6 Å². The van der Waals surface area contributed by atoms with Crippen molar-refractivity contribution in [1.82, 2.24) is 19.6 Å². The first-order valence-corrected chi connectivity index (χ1v) is 13.8. The molecule has 5 atom stereocenters. The monoisotopic (exact) mass is 444 g/mol. The molecule has 0 bridgehead atoms. The summed E-state index contributed by atoms with van der Waals surface area (Å²) in [5.41, 5.74) is 0.526. The average Bonchev–Trinajstić information content (AvgIpc) is 3.16. The second-order valence-corrected chi connectivity index (χ2v) is 14.3. The number of rotatable bonds is 6. The number of aromatic amines is 1. The first-order chi connectivity index (χ1) is 13.5. The lowest BCUT2D eigenvalue weighted by Crippen LogP contribution is -2.48. The Morgan fingerprint density at radius 3 is 2.66 bits per heavy atom. The van der Waals surface area contributed by atoms with Crippen LogP contribution in [-0.4, -0.2) is 51.1 Å². The van der Waals surface area contributed by atoms with Crippen molar-refractivity contribution in [1.29, 1.82) is 0 Å². The molecule has 0 saturated carbocycles. The lowest BCUT2D eigenvalue weighted by molar-refractivity contribution is 0.00907. The van der Waals surface area contributed by atoms with E-state index in [-0.39, 0.29) is 5.04 Å². The van der Waals surface area contributed by atoms with Gasteiger partial charge in [-0.25, -0.2) is 9.78 Å². The van der Waals surface area contributed by atoms with Gasteiger partial charge >= 0.3 is 13.9 Å². The summed E-state index contributed by atoms with van der Waals surface area (Å²) in [6.45, 7) is 12.5. The molecule has 0 aliphatic carbocycles. The summed E-state index contributed by atoms with van der Waals surface area (Å²) < 4.78 is 31.0. The average molecular weight is 445 g/mol. The van der Waals surface area contributed by atoms with E-state index in [1.807, 2.05) is 6.92 Å². The van der Waals surface area contributed by atoms with Crippen LogP contribution in [0.1, 0.15) is 45.8 Å². The van der Waals surface area contributed by atoms with E-state index in [9.17, 15) is 14.3 Å². The molecule has 10 nitrogen and oxygen atoms in total. The van der Waals surface area contributed by atoms with Crippen LogP contribution in [0.4, 0.5) is 0 Å². The number of hydrogen-bond donors (Lipinski definition) is 2. The summed E-state index contributed by atoms with van der Waals surface area (Å²) in [7, 11) is -5.49. The fourth-order valence-corrected chi connectivity index (χ4v) is 5.06. The third-order valence-electron chi connectivity index (χ3n) is 5.83. The van der Waals surface area contributed by atoms with E-state index in [4.69, 9.17) is 13.7 Å². The molecule has 0 aromatic carbocycles. The van der Waals surface area contributed by atoms with Crippen LogP contribution in [0.3, 0.4) is 0 Å². The van der Waals surface area contributed by atoms with E-state index in [0.29, 0.717) is 17.6 Å². The molecule has 1 aliphatic rings. The third kappa shape index (κ3) is 4.26. The normalized spacial score (nSPS) is 26.9. The Hall–Kier alpha value is -1.36. The molecule has 2 aromatic heterocycles. The number of fused-ring (bicyclic) bond motifs is 1. The SMILES string of the molecule is CC[C@H]1O[C@@H](c2cnn3c(=O)[nH]cnc23)[C@H](O[Si](C)(C)C(C)(C)C)[C@@H]1O[PH](=O)O. The summed E-state index contributed by atoms with van der Waals surface area (Å²) >= 11 is 0. The minimum atomic E-state index is -3.21. The Kier molecular flexibility index (Phi) is 6.20. The number of aromatic nitrogens is 4. The summed E-state index contributed by atoms with van der Waals surface area (Å²) in [4.78, 5) is 28.2. The Morgan fingerprint density at radius 2 is 2.07 bits per heavy atom. The Morgan fingerprint density at radius 1 is 1.38 bits per heavy atom. The molecular weight excluding hydrogens is 415 g/mol. The number of nitrogens with zero attached hydrogens (tertiary/aromatic N) is 3. The maximum absolute atomic E-state index is 12.0. The van der Waals surface area contributed by atoms with Crippen LogP contribution < -0.4 is 5.69 Å². The molecule has 2 aromatic rings. The van der Waals surface area contributed by atoms with Gasteiger partial charge in [0.15, 0.2) is 14.0 Å². The van der Waals surface area contributed by atoms with E-state index < -0.39 is 46.7 Å². The molecule has 1 aliphatic heterocycles. The zero-order chi connectivity index (χ0) is 21.6. The smallest absolute Gasteiger partial charge is 0.349 e. The predicted octanol–water partition coefficient (Wildman–Crippen LogP) is 2.43. The lowest BCUT2D eigenvalue weighted by atomic mass is 10.0. The second-order valence-electron chi connectivity index (χ2n) is 8.74. The maximum Gasteiger partial charge on any atom is 0.349 e. The number of hydrogen-bond acceptors (Lipinski definition) is 7. The van der Waals surface area contributed by atoms with E-state index in [1.165, 1.54) is 12.5 Å². The zero-order valence-corrected chi connectivity index (χ0v) is 19.5. The maximum atomic E-state index is 12.0. The van der Waals surface area contributed by atoms with Crippen LogP contribution in [0.5, 0.6) is 0 Å². The van der Waals surface area contributed by atoms with Crippen LogP contribution in [0.25, 0.3) is 5.65 Å². The van der Waals surface area contributed by atoms with Crippen molar-refractivity contribution in [3.05, 3.63) is 28.6 Å². The van der Waals surface area contributed by atoms with Crippen molar-refractivity contribution >= 4 is 22.2 Å². The first-order valence-electron chi connectivity index (χ1n) is 9.60. The topological polar surface area (TPSA) is 128 Å². The van der Waals surface area contributed by atoms with Crippen molar-refractivity contribution in [3.8, 4) is 0 Å². The summed E-state index contributed by atoms with van der Waals surface area (Å²) in [6.07, 6.45) is 0.991. The molecule has 0 spiro atoms. The number of H-pyrrole nitrogens is 1. The van der Waals surface area contributed by atoms with Crippen LogP contribution in [0.15, 0.2) is 17.3 Å². The molecule has 162 valence electrons. The van der Waals surface area contributed by atoms with Crippen molar-refractivity contribution in [2.24, 2.45) is 0 Å². The Balaban J connectivity index is 2.08. The molecule has 3 rings (SSSR count). The van der Waals surface area contributed by atoms with Crippen LogP contribution in [0, 0.1) is 0 Å². The highest BCUT2D eigenvalue weighted by Crippen LogP contribution is 2.46.